The summed E-state index contributed by atoms with van der Waals surface area (Å²) < 4.78 is 10.5. The van der Waals surface area contributed by atoms with Crippen molar-refractivity contribution in [1.82, 2.24) is 4.98 Å². The Kier molecular flexibility index (Phi) is 5.67. The van der Waals surface area contributed by atoms with Crippen molar-refractivity contribution in [2.75, 3.05) is 24.9 Å². The zero-order valence-corrected chi connectivity index (χ0v) is 17.4. The highest BCUT2D eigenvalue weighted by atomic mass is 32.1. The number of thiazole rings is 1. The van der Waals surface area contributed by atoms with Crippen LogP contribution in [0.3, 0.4) is 0 Å². The third-order valence-corrected chi connectivity index (χ3v) is 5.99. The van der Waals surface area contributed by atoms with E-state index in [4.69, 9.17) is 9.47 Å². The molecule has 7 nitrogen and oxygen atoms in total. The number of rotatable bonds is 6. The molecule has 0 spiro atoms. The van der Waals surface area contributed by atoms with E-state index in [1.54, 1.807) is 44.6 Å². The summed E-state index contributed by atoms with van der Waals surface area (Å²) in [4.78, 5) is 30.8. The van der Waals surface area contributed by atoms with Crippen LogP contribution in [-0.2, 0) is 11.2 Å². The number of ether oxygens (including phenoxy) is 2. The van der Waals surface area contributed by atoms with E-state index in [0.717, 1.165) is 17.0 Å². The number of nitrogens with zero attached hydrogens (tertiary/aromatic N) is 1. The van der Waals surface area contributed by atoms with E-state index in [-0.39, 0.29) is 17.7 Å². The van der Waals surface area contributed by atoms with Gasteiger partial charge in [0.05, 0.1) is 25.8 Å². The largest absolute Gasteiger partial charge is 0.493 e. The second-order valence-electron chi connectivity index (χ2n) is 6.80. The van der Waals surface area contributed by atoms with Gasteiger partial charge in [-0.3, -0.25) is 14.9 Å². The highest BCUT2D eigenvalue weighted by Gasteiger charge is 2.33. The average Bonchev–Trinajstić information content (AvgIpc) is 3.34. The van der Waals surface area contributed by atoms with E-state index in [0.29, 0.717) is 34.3 Å². The van der Waals surface area contributed by atoms with Crippen LogP contribution in [-0.4, -0.2) is 31.0 Å². The van der Waals surface area contributed by atoms with E-state index < -0.39 is 0 Å². The van der Waals surface area contributed by atoms with Gasteiger partial charge in [0.2, 0.25) is 5.91 Å². The predicted molar refractivity (Wildman–Crippen MR) is 116 cm³/mol. The van der Waals surface area contributed by atoms with Crippen molar-refractivity contribution >= 4 is 34.0 Å². The Balaban J connectivity index is 1.47. The van der Waals surface area contributed by atoms with E-state index in [1.807, 2.05) is 18.2 Å². The van der Waals surface area contributed by atoms with Crippen molar-refractivity contribution in [3.8, 4) is 11.5 Å². The molecule has 0 radical (unpaired) electrons. The van der Waals surface area contributed by atoms with Gasteiger partial charge < -0.3 is 14.8 Å². The molecular formula is C22H21N3O4S. The number of benzene rings is 2. The fourth-order valence-corrected chi connectivity index (χ4v) is 4.47. The average molecular weight is 423 g/mol. The quantitative estimate of drug-likeness (QED) is 0.624. The first-order valence-electron chi connectivity index (χ1n) is 9.48. The molecule has 0 bridgehead atoms. The Morgan fingerprint density at radius 3 is 2.53 bits per heavy atom. The lowest BCUT2D eigenvalue weighted by atomic mass is 10.1. The number of amides is 2. The van der Waals surface area contributed by atoms with Crippen molar-refractivity contribution in [3.05, 3.63) is 64.7 Å². The monoisotopic (exact) mass is 423 g/mol. The number of fused-ring (bicyclic) bond motifs is 1. The number of hydrogen-bond acceptors (Lipinski definition) is 6. The molecule has 2 aromatic carbocycles. The molecule has 0 saturated carbocycles. The topological polar surface area (TPSA) is 89.6 Å². The normalized spacial score (nSPS) is 14.7. The first-order chi connectivity index (χ1) is 14.6. The Morgan fingerprint density at radius 1 is 1.03 bits per heavy atom. The molecule has 30 heavy (non-hydrogen) atoms. The summed E-state index contributed by atoms with van der Waals surface area (Å²) in [5, 5.41) is 6.27. The minimum absolute atomic E-state index is 0.132. The SMILES string of the molecule is COc1ccc(NC(=O)C2CCc3sc(NC(=O)c4ccccc4)nc32)cc1OC. The highest BCUT2D eigenvalue weighted by molar-refractivity contribution is 7.16. The second kappa shape index (κ2) is 8.54. The molecule has 0 aliphatic heterocycles. The number of aryl methyl sites for hydroxylation is 1. The molecule has 154 valence electrons. The molecule has 0 saturated heterocycles. The molecule has 3 aromatic rings. The van der Waals surface area contributed by atoms with Crippen molar-refractivity contribution in [1.29, 1.82) is 0 Å². The van der Waals surface area contributed by atoms with Gasteiger partial charge >= 0.3 is 0 Å². The fourth-order valence-electron chi connectivity index (χ4n) is 3.44. The van der Waals surface area contributed by atoms with Gasteiger partial charge in [-0.15, -0.1) is 11.3 Å². The van der Waals surface area contributed by atoms with Crippen LogP contribution >= 0.6 is 11.3 Å². The molecule has 1 aliphatic carbocycles. The van der Waals surface area contributed by atoms with Crippen molar-refractivity contribution in [3.63, 3.8) is 0 Å². The first kappa shape index (κ1) is 19.9. The minimum atomic E-state index is -0.355. The molecule has 1 aromatic heterocycles. The molecule has 1 unspecified atom stereocenters. The van der Waals surface area contributed by atoms with Gasteiger partial charge in [0.25, 0.3) is 5.91 Å². The third kappa shape index (κ3) is 3.99. The van der Waals surface area contributed by atoms with Crippen LogP contribution in [0.15, 0.2) is 48.5 Å². The summed E-state index contributed by atoms with van der Waals surface area (Å²) in [6, 6.07) is 14.2. The minimum Gasteiger partial charge on any atom is -0.493 e. The van der Waals surface area contributed by atoms with Crippen LogP contribution in [0, 0.1) is 0 Å². The third-order valence-electron chi connectivity index (χ3n) is 4.94. The van der Waals surface area contributed by atoms with Gasteiger partial charge in [-0.25, -0.2) is 4.98 Å². The van der Waals surface area contributed by atoms with Gasteiger partial charge in [0, 0.05) is 22.2 Å². The van der Waals surface area contributed by atoms with Crippen LogP contribution in [0.5, 0.6) is 11.5 Å². The van der Waals surface area contributed by atoms with Gasteiger partial charge in [-0.05, 0) is 37.1 Å². The van der Waals surface area contributed by atoms with E-state index in [9.17, 15) is 9.59 Å². The Labute approximate surface area is 178 Å². The number of aromatic nitrogens is 1. The molecule has 1 heterocycles. The van der Waals surface area contributed by atoms with Crippen molar-refractivity contribution in [2.24, 2.45) is 0 Å². The fraction of sp³-hybridized carbons (Fsp3) is 0.227. The van der Waals surface area contributed by atoms with E-state index >= 15 is 0 Å². The van der Waals surface area contributed by atoms with Gasteiger partial charge in [0.1, 0.15) is 0 Å². The molecule has 0 fully saturated rings. The number of carbonyl (C=O) groups is 2. The Hall–Kier alpha value is -3.39. The van der Waals surface area contributed by atoms with Crippen LogP contribution in [0.2, 0.25) is 0 Å². The first-order valence-corrected chi connectivity index (χ1v) is 10.3. The summed E-state index contributed by atoms with van der Waals surface area (Å²) in [6.45, 7) is 0. The molecule has 1 atom stereocenters. The maximum absolute atomic E-state index is 12.9. The zero-order chi connectivity index (χ0) is 21.1. The lowest BCUT2D eigenvalue weighted by Gasteiger charge is -2.13. The smallest absolute Gasteiger partial charge is 0.257 e. The Morgan fingerprint density at radius 2 is 1.80 bits per heavy atom. The molecule has 4 rings (SSSR count). The van der Waals surface area contributed by atoms with Crippen LogP contribution in [0.4, 0.5) is 10.8 Å². The molecule has 2 N–H and O–H groups in total. The van der Waals surface area contributed by atoms with Crippen LogP contribution in [0.25, 0.3) is 0 Å². The highest BCUT2D eigenvalue weighted by Crippen LogP contribution is 2.39. The van der Waals surface area contributed by atoms with Gasteiger partial charge in [-0.2, -0.15) is 0 Å². The zero-order valence-electron chi connectivity index (χ0n) is 16.6. The summed E-state index contributed by atoms with van der Waals surface area (Å²) in [5.74, 6) is 0.437. The van der Waals surface area contributed by atoms with Gasteiger partial charge in [-0.1, -0.05) is 18.2 Å². The van der Waals surface area contributed by atoms with E-state index in [1.165, 1.54) is 11.3 Å². The summed E-state index contributed by atoms with van der Waals surface area (Å²) in [5.41, 5.74) is 1.93. The number of methoxy groups -OCH3 is 2. The van der Waals surface area contributed by atoms with Crippen LogP contribution in [0.1, 0.15) is 33.3 Å². The number of carbonyl (C=O) groups excluding carboxylic acids is 2. The molecule has 8 heteroatoms. The molecule has 2 amide bonds. The van der Waals surface area contributed by atoms with Crippen molar-refractivity contribution < 1.29 is 19.1 Å². The summed E-state index contributed by atoms with van der Waals surface area (Å²) >= 11 is 1.42. The lowest BCUT2D eigenvalue weighted by Crippen LogP contribution is -2.20. The standard InChI is InChI=1S/C22H21N3O4S/c1-28-16-10-8-14(12-17(16)29-2)23-21(27)15-9-11-18-19(15)24-22(30-18)25-20(26)13-6-4-3-5-7-13/h3-8,10,12,15H,9,11H2,1-2H3,(H,23,27)(H,24,25,26). The number of anilines is 2. The Bertz CT molecular complexity index is 1080. The number of nitrogens with one attached hydrogen (secondary N) is 2. The summed E-state index contributed by atoms with van der Waals surface area (Å²) in [7, 11) is 3.11. The lowest BCUT2D eigenvalue weighted by molar-refractivity contribution is -0.117. The van der Waals surface area contributed by atoms with E-state index in [2.05, 4.69) is 15.6 Å². The van der Waals surface area contributed by atoms with Gasteiger partial charge in [0.15, 0.2) is 16.6 Å². The number of hydrogen-bond donors (Lipinski definition) is 2. The maximum atomic E-state index is 12.9. The second-order valence-corrected chi connectivity index (χ2v) is 7.88. The summed E-state index contributed by atoms with van der Waals surface area (Å²) in [6.07, 6.45) is 1.46. The van der Waals surface area contributed by atoms with Crippen molar-refractivity contribution in [2.45, 2.75) is 18.8 Å². The molecular weight excluding hydrogens is 402 g/mol. The maximum Gasteiger partial charge on any atom is 0.257 e. The molecule has 1 aliphatic rings. The predicted octanol–water partition coefficient (Wildman–Crippen LogP) is 4.08. The van der Waals surface area contributed by atoms with Crippen LogP contribution < -0.4 is 20.1 Å².